The molecule has 0 radical (unpaired) electrons. The monoisotopic (exact) mass is 918 g/mol. The van der Waals surface area contributed by atoms with E-state index in [4.69, 9.17) is 32.8 Å². The minimum absolute atomic E-state index is 0.0355. The summed E-state index contributed by atoms with van der Waals surface area (Å²) >= 11 is 0. The van der Waals surface area contributed by atoms with Crippen LogP contribution in [0.4, 0.5) is 4.79 Å². The average molecular weight is 919 g/mol. The summed E-state index contributed by atoms with van der Waals surface area (Å²) in [5, 5.41) is -0.125. The summed E-state index contributed by atoms with van der Waals surface area (Å²) < 4.78 is 43.5. The van der Waals surface area contributed by atoms with E-state index < -0.39 is 38.4 Å². The number of methoxy groups -OCH3 is 3. The Labute approximate surface area is 391 Å². The van der Waals surface area contributed by atoms with E-state index in [9.17, 15) is 9.59 Å². The number of amides is 2. The van der Waals surface area contributed by atoms with Gasteiger partial charge in [-0.1, -0.05) is 94.1 Å². The fourth-order valence-corrected chi connectivity index (χ4v) is 10.1. The predicted molar refractivity (Wildman–Crippen MR) is 260 cm³/mol. The summed E-state index contributed by atoms with van der Waals surface area (Å²) in [6, 6.07) is 17.0. The van der Waals surface area contributed by atoms with Crippen molar-refractivity contribution in [3.8, 4) is 39.9 Å². The van der Waals surface area contributed by atoms with Crippen molar-refractivity contribution in [2.75, 3.05) is 54.8 Å². The Balaban J connectivity index is 1.48. The van der Waals surface area contributed by atoms with Crippen molar-refractivity contribution in [2.24, 2.45) is 0 Å². The van der Waals surface area contributed by atoms with Crippen molar-refractivity contribution < 1.29 is 47.2 Å². The van der Waals surface area contributed by atoms with Crippen molar-refractivity contribution in [3.05, 3.63) is 125 Å². The van der Waals surface area contributed by atoms with E-state index in [1.807, 2.05) is 50.2 Å². The molecule has 6 rings (SSSR count). The lowest BCUT2D eigenvalue weighted by Gasteiger charge is -2.44. The maximum atomic E-state index is 15.9. The SMILES string of the molecule is C=CCOC[C@H]1c2c(c(OC)c(C)c(OC)c2OCC=C)C[C@@H](C=O)N1C(=O)[C@H](Cc1cc(C)c(OC)c(O[Si](C)(C)C(C)(C)C)c1)N(C)C(=O)OCC1c2ccccc2-c2ccccc21. The molecule has 0 bridgehead atoms. The van der Waals surface area contributed by atoms with E-state index in [1.165, 1.54) is 16.9 Å². The van der Waals surface area contributed by atoms with Gasteiger partial charge in [-0.3, -0.25) is 9.69 Å². The molecule has 12 nitrogen and oxygen atoms in total. The molecule has 1 aliphatic carbocycles. The van der Waals surface area contributed by atoms with E-state index in [1.54, 1.807) is 33.4 Å². The summed E-state index contributed by atoms with van der Waals surface area (Å²) in [5.74, 6) is 1.73. The molecule has 1 aliphatic heterocycles. The Morgan fingerprint density at radius 1 is 0.864 bits per heavy atom. The topological polar surface area (TPSA) is 122 Å². The van der Waals surface area contributed by atoms with Crippen LogP contribution in [-0.4, -0.2) is 103 Å². The Morgan fingerprint density at radius 2 is 1.47 bits per heavy atom. The molecule has 2 aliphatic rings. The highest BCUT2D eigenvalue weighted by Crippen LogP contribution is 2.51. The van der Waals surface area contributed by atoms with Gasteiger partial charge in [0.15, 0.2) is 17.2 Å². The third kappa shape index (κ3) is 9.59. The number of aldehydes is 1. The van der Waals surface area contributed by atoms with Crippen LogP contribution in [0.1, 0.15) is 71.7 Å². The van der Waals surface area contributed by atoms with Crippen LogP contribution < -0.4 is 23.4 Å². The third-order valence-corrected chi connectivity index (χ3v) is 17.7. The highest BCUT2D eigenvalue weighted by Gasteiger charge is 2.47. The molecule has 13 heteroatoms. The van der Waals surface area contributed by atoms with Crippen molar-refractivity contribution in [2.45, 2.75) is 89.6 Å². The Bertz CT molecular complexity index is 2390. The van der Waals surface area contributed by atoms with Crippen LogP contribution in [0.5, 0.6) is 28.7 Å². The molecular weight excluding hydrogens is 853 g/mol. The first-order valence-electron chi connectivity index (χ1n) is 22.4. The van der Waals surface area contributed by atoms with Gasteiger partial charge in [0.05, 0.1) is 46.6 Å². The van der Waals surface area contributed by atoms with Crippen LogP contribution in [0, 0.1) is 13.8 Å². The van der Waals surface area contributed by atoms with E-state index in [-0.39, 0.29) is 50.2 Å². The molecule has 4 aromatic rings. The molecule has 0 saturated heterocycles. The number of rotatable bonds is 19. The Hall–Kier alpha value is -6.05. The second kappa shape index (κ2) is 20.6. The lowest BCUT2D eigenvalue weighted by Crippen LogP contribution is -2.57. The van der Waals surface area contributed by atoms with E-state index in [0.29, 0.717) is 51.0 Å². The van der Waals surface area contributed by atoms with Crippen molar-refractivity contribution >= 4 is 26.6 Å². The molecule has 3 atom stereocenters. The lowest BCUT2D eigenvalue weighted by atomic mass is 9.84. The van der Waals surface area contributed by atoms with E-state index in [0.717, 1.165) is 34.1 Å². The van der Waals surface area contributed by atoms with Gasteiger partial charge in [-0.25, -0.2) is 4.79 Å². The number of nitrogens with zero attached hydrogens (tertiary/aromatic N) is 2. The van der Waals surface area contributed by atoms with Crippen LogP contribution in [0.2, 0.25) is 18.1 Å². The third-order valence-electron chi connectivity index (χ3n) is 13.3. The second-order valence-electron chi connectivity index (χ2n) is 18.4. The molecule has 352 valence electrons. The second-order valence-corrected chi connectivity index (χ2v) is 23.2. The molecule has 0 N–H and O–H groups in total. The molecule has 4 aromatic carbocycles. The van der Waals surface area contributed by atoms with Gasteiger partial charge in [-0.15, -0.1) is 6.58 Å². The van der Waals surface area contributed by atoms with Gasteiger partial charge in [-0.2, -0.15) is 0 Å². The van der Waals surface area contributed by atoms with Crippen LogP contribution in [0.25, 0.3) is 11.1 Å². The number of likely N-dealkylation sites (N-methyl/N-ethyl adjacent to an activating group) is 1. The number of hydrogen-bond acceptors (Lipinski definition) is 10. The Kier molecular flexibility index (Phi) is 15.4. The molecule has 66 heavy (non-hydrogen) atoms. The molecule has 0 spiro atoms. The molecule has 0 saturated carbocycles. The van der Waals surface area contributed by atoms with Gasteiger partial charge in [-0.05, 0) is 71.4 Å². The summed E-state index contributed by atoms with van der Waals surface area (Å²) in [5.41, 5.74) is 7.74. The first-order valence-corrected chi connectivity index (χ1v) is 25.3. The summed E-state index contributed by atoms with van der Waals surface area (Å²) in [4.78, 5) is 46.8. The summed E-state index contributed by atoms with van der Waals surface area (Å²) in [7, 11) is 3.88. The smallest absolute Gasteiger partial charge is 0.410 e. The fraction of sp³-hybridized carbons (Fsp3) is 0.415. The molecule has 0 fully saturated rings. The van der Waals surface area contributed by atoms with Crippen LogP contribution in [0.3, 0.4) is 0 Å². The van der Waals surface area contributed by atoms with Crippen molar-refractivity contribution in [1.29, 1.82) is 0 Å². The quantitative estimate of drug-likeness (QED) is 0.0389. The highest BCUT2D eigenvalue weighted by molar-refractivity contribution is 6.74. The van der Waals surface area contributed by atoms with Crippen molar-refractivity contribution in [1.82, 2.24) is 9.80 Å². The summed E-state index contributed by atoms with van der Waals surface area (Å²) in [6.07, 6.45) is 3.42. The minimum atomic E-state index is -2.39. The zero-order chi connectivity index (χ0) is 48.1. The standard InChI is InChI=1S/C53H66N2O10Si/c1-14-24-62-32-44-46-41(48(60-10)34(4)49(61-11)50(46)63-25-15-2)29-36(30-56)55(44)51(57)43(27-35-26-33(3)47(59-9)45(28-35)65-66(12,13)53(5,6)7)54(8)52(58)64-31-42-39-22-18-16-20-37(39)38-21-17-19-23-40(38)42/h14-23,26,28,30,36,42-44H,1-2,24-25,27,29,31-32H2,3-13H3/t36-,43-,44-/m0/s1. The zero-order valence-corrected chi connectivity index (χ0v) is 41.4. The van der Waals surface area contributed by atoms with Gasteiger partial charge < -0.3 is 42.5 Å². The number of hydrogen-bond donors (Lipinski definition) is 0. The molecule has 2 amide bonds. The van der Waals surface area contributed by atoms with Crippen LogP contribution in [0.15, 0.2) is 86.0 Å². The Morgan fingerprint density at radius 3 is 2.03 bits per heavy atom. The number of fused-ring (bicyclic) bond motifs is 4. The van der Waals surface area contributed by atoms with Gasteiger partial charge in [0.2, 0.25) is 5.91 Å². The number of ether oxygens (including phenoxy) is 6. The maximum Gasteiger partial charge on any atom is 0.410 e. The van der Waals surface area contributed by atoms with E-state index >= 15 is 4.79 Å². The average Bonchev–Trinajstić information content (AvgIpc) is 3.61. The molecule has 1 heterocycles. The van der Waals surface area contributed by atoms with Crippen molar-refractivity contribution in [3.63, 3.8) is 0 Å². The first-order chi connectivity index (χ1) is 31.5. The zero-order valence-electron chi connectivity index (χ0n) is 40.4. The number of aryl methyl sites for hydroxylation is 1. The highest BCUT2D eigenvalue weighted by atomic mass is 28.4. The minimum Gasteiger partial charge on any atom is -0.541 e. The van der Waals surface area contributed by atoms with Gasteiger partial charge in [0.1, 0.15) is 37.0 Å². The van der Waals surface area contributed by atoms with Gasteiger partial charge >= 0.3 is 6.09 Å². The van der Waals surface area contributed by atoms with Gasteiger partial charge in [0.25, 0.3) is 8.32 Å². The number of carbonyl (C=O) groups is 3. The van der Waals surface area contributed by atoms with Gasteiger partial charge in [0, 0.05) is 42.5 Å². The molecular formula is C53H66N2O10Si. The fourth-order valence-electron chi connectivity index (χ4n) is 9.08. The molecule has 0 aromatic heterocycles. The predicted octanol–water partition coefficient (Wildman–Crippen LogP) is 9.97. The van der Waals surface area contributed by atoms with Crippen LogP contribution in [-0.2, 0) is 31.9 Å². The summed E-state index contributed by atoms with van der Waals surface area (Å²) in [6.45, 7) is 22.6. The maximum absolute atomic E-state index is 15.9. The normalized spacial score (nSPS) is 16.0. The van der Waals surface area contributed by atoms with E-state index in [2.05, 4.69) is 71.3 Å². The van der Waals surface area contributed by atoms with Crippen LogP contribution >= 0.6 is 0 Å². The number of carbonyl (C=O) groups excluding carboxylic acids is 3. The first kappa shape index (κ1) is 49.4. The largest absolute Gasteiger partial charge is 0.541 e. The lowest BCUT2D eigenvalue weighted by molar-refractivity contribution is -0.146. The number of benzene rings is 4. The molecule has 0 unspecified atom stereocenters.